The SMILES string of the molecule is COCC1=C(C(=O)OC)[C@H](c2cccnc2)C(C#N)=C(N)O1. The largest absolute Gasteiger partial charge is 0.466 e. The van der Waals surface area contributed by atoms with Gasteiger partial charge in [0.05, 0.1) is 18.6 Å². The zero-order valence-electron chi connectivity index (χ0n) is 12.2. The summed E-state index contributed by atoms with van der Waals surface area (Å²) in [4.78, 5) is 16.2. The zero-order valence-corrected chi connectivity index (χ0v) is 12.2. The fraction of sp³-hybridized carbons (Fsp3) is 0.267. The van der Waals surface area contributed by atoms with Crippen molar-refractivity contribution < 1.29 is 19.0 Å². The van der Waals surface area contributed by atoms with Gasteiger partial charge in [0.1, 0.15) is 24.0 Å². The van der Waals surface area contributed by atoms with Crippen molar-refractivity contribution in [2.24, 2.45) is 5.73 Å². The van der Waals surface area contributed by atoms with E-state index in [-0.39, 0.29) is 29.4 Å². The number of ether oxygens (including phenoxy) is 3. The van der Waals surface area contributed by atoms with Gasteiger partial charge in [0.15, 0.2) is 0 Å². The van der Waals surface area contributed by atoms with E-state index in [9.17, 15) is 10.1 Å². The lowest BCUT2D eigenvalue weighted by Crippen LogP contribution is -2.27. The molecule has 1 aromatic rings. The van der Waals surface area contributed by atoms with Crippen molar-refractivity contribution >= 4 is 5.97 Å². The minimum Gasteiger partial charge on any atom is -0.466 e. The highest BCUT2D eigenvalue weighted by atomic mass is 16.5. The molecule has 1 aliphatic rings. The number of nitriles is 1. The Bertz CT molecular complexity index is 674. The van der Waals surface area contributed by atoms with Gasteiger partial charge in [-0.1, -0.05) is 6.07 Å². The van der Waals surface area contributed by atoms with E-state index in [1.807, 2.05) is 6.07 Å². The summed E-state index contributed by atoms with van der Waals surface area (Å²) in [6.45, 7) is 0.0284. The molecule has 0 spiro atoms. The fourth-order valence-corrected chi connectivity index (χ4v) is 2.27. The molecule has 2 N–H and O–H groups in total. The highest BCUT2D eigenvalue weighted by Crippen LogP contribution is 2.39. The van der Waals surface area contributed by atoms with Gasteiger partial charge in [-0.05, 0) is 11.6 Å². The molecule has 0 unspecified atom stereocenters. The predicted octanol–water partition coefficient (Wildman–Crippen LogP) is 0.963. The van der Waals surface area contributed by atoms with E-state index in [0.29, 0.717) is 5.56 Å². The molecule has 0 saturated carbocycles. The average Bonchev–Trinajstić information content (AvgIpc) is 2.54. The summed E-state index contributed by atoms with van der Waals surface area (Å²) in [5.41, 5.74) is 6.77. The van der Waals surface area contributed by atoms with Gasteiger partial charge in [-0.25, -0.2) is 4.79 Å². The predicted molar refractivity (Wildman–Crippen MR) is 75.8 cm³/mol. The monoisotopic (exact) mass is 301 g/mol. The van der Waals surface area contributed by atoms with Crippen molar-refractivity contribution in [3.05, 3.63) is 52.9 Å². The molecule has 7 nitrogen and oxygen atoms in total. The molecule has 0 amide bonds. The summed E-state index contributed by atoms with van der Waals surface area (Å²) in [5, 5.41) is 9.39. The van der Waals surface area contributed by atoms with Crippen LogP contribution in [-0.2, 0) is 19.0 Å². The standard InChI is InChI=1S/C15H15N3O4/c1-20-8-11-13(15(19)21-2)12(9-4-3-5-18-7-9)10(6-16)14(17)22-11/h3-5,7,12H,8,17H2,1-2H3/t12-/m1/s1. The van der Waals surface area contributed by atoms with Gasteiger partial charge in [-0.15, -0.1) is 0 Å². The summed E-state index contributed by atoms with van der Waals surface area (Å²) in [7, 11) is 2.72. The van der Waals surface area contributed by atoms with Crippen LogP contribution in [0.1, 0.15) is 11.5 Å². The van der Waals surface area contributed by atoms with Gasteiger partial charge in [0, 0.05) is 19.5 Å². The Labute approximate surface area is 127 Å². The Hall–Kier alpha value is -2.85. The number of rotatable bonds is 4. The van der Waals surface area contributed by atoms with E-state index in [2.05, 4.69) is 4.98 Å². The van der Waals surface area contributed by atoms with E-state index in [1.165, 1.54) is 14.2 Å². The minimum absolute atomic E-state index is 0.0284. The van der Waals surface area contributed by atoms with Crippen LogP contribution in [0, 0.1) is 11.3 Å². The molecule has 0 saturated heterocycles. The van der Waals surface area contributed by atoms with Gasteiger partial charge >= 0.3 is 5.97 Å². The van der Waals surface area contributed by atoms with Crippen molar-refractivity contribution in [2.45, 2.75) is 5.92 Å². The second kappa shape index (κ2) is 6.74. The Morgan fingerprint density at radius 3 is 2.86 bits per heavy atom. The van der Waals surface area contributed by atoms with Crippen LogP contribution in [0.3, 0.4) is 0 Å². The molecule has 0 bridgehead atoms. The van der Waals surface area contributed by atoms with Gasteiger partial charge in [-0.2, -0.15) is 5.26 Å². The lowest BCUT2D eigenvalue weighted by atomic mass is 9.84. The number of hydrogen-bond acceptors (Lipinski definition) is 7. The molecular weight excluding hydrogens is 286 g/mol. The summed E-state index contributed by atoms with van der Waals surface area (Å²) >= 11 is 0. The van der Waals surface area contributed by atoms with Crippen LogP contribution in [-0.4, -0.2) is 31.8 Å². The number of nitrogens with zero attached hydrogens (tertiary/aromatic N) is 2. The molecule has 0 aromatic carbocycles. The van der Waals surface area contributed by atoms with Gasteiger partial charge < -0.3 is 19.9 Å². The number of aromatic nitrogens is 1. The first-order chi connectivity index (χ1) is 10.6. The van der Waals surface area contributed by atoms with Crippen LogP contribution in [0.4, 0.5) is 0 Å². The number of carbonyl (C=O) groups excluding carboxylic acids is 1. The molecule has 0 aliphatic carbocycles. The van der Waals surface area contributed by atoms with Crippen molar-refractivity contribution in [3.63, 3.8) is 0 Å². The van der Waals surface area contributed by atoms with Gasteiger partial charge in [0.25, 0.3) is 0 Å². The summed E-state index contributed by atoms with van der Waals surface area (Å²) in [5.74, 6) is -1.15. The first-order valence-electron chi connectivity index (χ1n) is 6.41. The maximum Gasteiger partial charge on any atom is 0.338 e. The molecule has 22 heavy (non-hydrogen) atoms. The molecule has 2 heterocycles. The number of carbonyl (C=O) groups is 1. The highest BCUT2D eigenvalue weighted by molar-refractivity contribution is 5.92. The smallest absolute Gasteiger partial charge is 0.338 e. The van der Waals surface area contributed by atoms with Crippen molar-refractivity contribution in [1.29, 1.82) is 5.26 Å². The quantitative estimate of drug-likeness (QED) is 0.825. The Morgan fingerprint density at radius 2 is 2.32 bits per heavy atom. The molecule has 0 fully saturated rings. The number of hydrogen-bond donors (Lipinski definition) is 1. The molecule has 1 aromatic heterocycles. The second-order valence-corrected chi connectivity index (χ2v) is 4.47. The van der Waals surface area contributed by atoms with Crippen molar-refractivity contribution in [1.82, 2.24) is 4.98 Å². The number of methoxy groups -OCH3 is 2. The van der Waals surface area contributed by atoms with Crippen LogP contribution >= 0.6 is 0 Å². The Balaban J connectivity index is 2.65. The second-order valence-electron chi connectivity index (χ2n) is 4.47. The van der Waals surface area contributed by atoms with Crippen LogP contribution in [0.5, 0.6) is 0 Å². The Kier molecular flexibility index (Phi) is 4.76. The lowest BCUT2D eigenvalue weighted by molar-refractivity contribution is -0.136. The third kappa shape index (κ3) is 2.77. The average molecular weight is 301 g/mol. The van der Waals surface area contributed by atoms with Crippen molar-refractivity contribution in [2.75, 3.05) is 20.8 Å². The van der Waals surface area contributed by atoms with Crippen LogP contribution in [0.2, 0.25) is 0 Å². The molecule has 1 atom stereocenters. The van der Waals surface area contributed by atoms with Crippen LogP contribution < -0.4 is 5.73 Å². The molecule has 114 valence electrons. The lowest BCUT2D eigenvalue weighted by Gasteiger charge is -2.27. The molecule has 1 aliphatic heterocycles. The topological polar surface area (TPSA) is 107 Å². The van der Waals surface area contributed by atoms with Crippen LogP contribution in [0.15, 0.2) is 47.3 Å². The third-order valence-corrected chi connectivity index (χ3v) is 3.20. The molecule has 7 heteroatoms. The normalized spacial score (nSPS) is 17.8. The first kappa shape index (κ1) is 15.5. The van der Waals surface area contributed by atoms with E-state index >= 15 is 0 Å². The zero-order chi connectivity index (χ0) is 16.1. The molecule has 2 rings (SSSR count). The highest BCUT2D eigenvalue weighted by Gasteiger charge is 2.37. The van der Waals surface area contributed by atoms with E-state index in [0.717, 1.165) is 0 Å². The number of allylic oxidation sites excluding steroid dienone is 1. The maximum atomic E-state index is 12.2. The minimum atomic E-state index is -0.704. The third-order valence-electron chi connectivity index (χ3n) is 3.20. The molecular formula is C15H15N3O4. The van der Waals surface area contributed by atoms with E-state index in [1.54, 1.807) is 24.5 Å². The first-order valence-corrected chi connectivity index (χ1v) is 6.41. The summed E-state index contributed by atoms with van der Waals surface area (Å²) in [6, 6.07) is 5.45. The molecule has 0 radical (unpaired) electrons. The maximum absolute atomic E-state index is 12.2. The fourth-order valence-electron chi connectivity index (χ4n) is 2.27. The number of esters is 1. The van der Waals surface area contributed by atoms with Gasteiger partial charge in [-0.3, -0.25) is 4.98 Å². The van der Waals surface area contributed by atoms with E-state index in [4.69, 9.17) is 19.9 Å². The number of nitrogens with two attached hydrogens (primary N) is 1. The van der Waals surface area contributed by atoms with Crippen LogP contribution in [0.25, 0.3) is 0 Å². The Morgan fingerprint density at radius 1 is 1.55 bits per heavy atom. The summed E-state index contributed by atoms with van der Waals surface area (Å²) < 4.78 is 15.2. The summed E-state index contributed by atoms with van der Waals surface area (Å²) in [6.07, 6.45) is 3.16. The number of pyridine rings is 1. The van der Waals surface area contributed by atoms with Gasteiger partial charge in [0.2, 0.25) is 5.88 Å². The van der Waals surface area contributed by atoms with Crippen molar-refractivity contribution in [3.8, 4) is 6.07 Å². The van der Waals surface area contributed by atoms with E-state index < -0.39 is 11.9 Å².